The molecule has 0 saturated heterocycles. The van der Waals surface area contributed by atoms with E-state index in [2.05, 4.69) is 12.2 Å². The summed E-state index contributed by atoms with van der Waals surface area (Å²) in [6.07, 6.45) is 0. The average molecular weight is 187 g/mol. The maximum Gasteiger partial charge on any atom is 0.582 e. The highest BCUT2D eigenvalue weighted by atomic mass is 32.7. The SMILES string of the molecule is O=[P+](S)OCc1ccccc1. The van der Waals surface area contributed by atoms with Crippen molar-refractivity contribution in [3.8, 4) is 0 Å². The van der Waals surface area contributed by atoms with Gasteiger partial charge >= 0.3 is 7.23 Å². The largest absolute Gasteiger partial charge is 0.582 e. The molecule has 2 nitrogen and oxygen atoms in total. The number of rotatable bonds is 3. The molecular weight excluding hydrogens is 179 g/mol. The molecule has 0 heterocycles. The van der Waals surface area contributed by atoms with Crippen molar-refractivity contribution in [2.24, 2.45) is 0 Å². The molecule has 58 valence electrons. The van der Waals surface area contributed by atoms with Crippen LogP contribution in [0.25, 0.3) is 0 Å². The molecule has 0 aliphatic carbocycles. The monoisotopic (exact) mass is 187 g/mol. The predicted octanol–water partition coefficient (Wildman–Crippen LogP) is 2.79. The Balaban J connectivity index is 2.45. The van der Waals surface area contributed by atoms with Crippen LogP contribution in [-0.2, 0) is 15.7 Å². The van der Waals surface area contributed by atoms with Gasteiger partial charge in [-0.1, -0.05) is 30.3 Å². The molecule has 0 amide bonds. The number of hydrogen-bond acceptors (Lipinski definition) is 2. The molecule has 0 N–H and O–H groups in total. The molecule has 1 aromatic carbocycles. The van der Waals surface area contributed by atoms with Crippen molar-refractivity contribution in [2.45, 2.75) is 6.61 Å². The van der Waals surface area contributed by atoms with E-state index in [0.29, 0.717) is 6.61 Å². The van der Waals surface area contributed by atoms with Crippen LogP contribution in [0, 0.1) is 0 Å². The van der Waals surface area contributed by atoms with Gasteiger partial charge in [0.1, 0.15) is 18.9 Å². The van der Waals surface area contributed by atoms with E-state index in [1.54, 1.807) is 0 Å². The molecule has 11 heavy (non-hydrogen) atoms. The van der Waals surface area contributed by atoms with Gasteiger partial charge in [0, 0.05) is 0 Å². The van der Waals surface area contributed by atoms with Crippen molar-refractivity contribution >= 4 is 19.5 Å². The third-order valence-electron chi connectivity index (χ3n) is 1.18. The highest BCUT2D eigenvalue weighted by Crippen LogP contribution is 2.28. The molecule has 1 aromatic rings. The van der Waals surface area contributed by atoms with Crippen molar-refractivity contribution in [2.75, 3.05) is 0 Å². The predicted molar refractivity (Wildman–Crippen MR) is 47.8 cm³/mol. The van der Waals surface area contributed by atoms with E-state index in [9.17, 15) is 4.57 Å². The highest BCUT2D eigenvalue weighted by molar-refractivity contribution is 8.39. The van der Waals surface area contributed by atoms with E-state index in [1.807, 2.05) is 30.3 Å². The van der Waals surface area contributed by atoms with Crippen LogP contribution in [0.15, 0.2) is 30.3 Å². The summed E-state index contributed by atoms with van der Waals surface area (Å²) in [6.45, 7) is 0.361. The molecule has 0 radical (unpaired) electrons. The fraction of sp³-hybridized carbons (Fsp3) is 0.143. The molecule has 1 atom stereocenters. The summed E-state index contributed by atoms with van der Waals surface area (Å²) < 4.78 is 15.2. The maximum absolute atomic E-state index is 10.4. The maximum atomic E-state index is 10.4. The molecule has 0 saturated carbocycles. The average Bonchev–Trinajstić information content (AvgIpc) is 2.03. The lowest BCUT2D eigenvalue weighted by Crippen LogP contribution is -1.82. The second-order valence-corrected chi connectivity index (χ2v) is 3.71. The van der Waals surface area contributed by atoms with Crippen molar-refractivity contribution in [3.63, 3.8) is 0 Å². The van der Waals surface area contributed by atoms with Gasteiger partial charge in [0.05, 0.1) is 0 Å². The van der Waals surface area contributed by atoms with E-state index in [-0.39, 0.29) is 0 Å². The minimum Gasteiger partial charge on any atom is -0.132 e. The first-order chi connectivity index (χ1) is 5.29. The molecule has 0 aliphatic heterocycles. The molecule has 0 aliphatic rings. The first kappa shape index (κ1) is 8.72. The lowest BCUT2D eigenvalue weighted by molar-refractivity contribution is 0.329. The Morgan fingerprint density at radius 3 is 2.55 bits per heavy atom. The zero-order valence-corrected chi connectivity index (χ0v) is 7.59. The molecule has 4 heteroatoms. The molecule has 1 rings (SSSR count). The van der Waals surface area contributed by atoms with Gasteiger partial charge in [-0.3, -0.25) is 0 Å². The molecule has 0 bridgehead atoms. The van der Waals surface area contributed by atoms with E-state index >= 15 is 0 Å². The van der Waals surface area contributed by atoms with Gasteiger partial charge in [0.15, 0.2) is 0 Å². The summed E-state index contributed by atoms with van der Waals surface area (Å²) in [4.78, 5) is 0. The summed E-state index contributed by atoms with van der Waals surface area (Å²) in [5.41, 5.74) is 1.00. The van der Waals surface area contributed by atoms with Crippen molar-refractivity contribution in [1.82, 2.24) is 0 Å². The zero-order valence-electron chi connectivity index (χ0n) is 5.80. The Labute approximate surface area is 71.6 Å². The molecule has 0 fully saturated rings. The van der Waals surface area contributed by atoms with Crippen LogP contribution in [0.3, 0.4) is 0 Å². The van der Waals surface area contributed by atoms with Gasteiger partial charge in [-0.25, -0.2) is 0 Å². The first-order valence-electron chi connectivity index (χ1n) is 3.12. The Kier molecular flexibility index (Phi) is 3.57. The summed E-state index contributed by atoms with van der Waals surface area (Å²) in [5, 5.41) is 0. The summed E-state index contributed by atoms with van der Waals surface area (Å²) in [7, 11) is -1.78. The van der Waals surface area contributed by atoms with E-state index in [0.717, 1.165) is 5.56 Å². The Morgan fingerprint density at radius 2 is 2.00 bits per heavy atom. The fourth-order valence-corrected chi connectivity index (χ4v) is 1.14. The molecular formula is C7H8O2PS+. The fourth-order valence-electron chi connectivity index (χ4n) is 0.704. The van der Waals surface area contributed by atoms with Gasteiger partial charge in [0.25, 0.3) is 0 Å². The lowest BCUT2D eigenvalue weighted by atomic mass is 10.2. The van der Waals surface area contributed by atoms with Crippen LogP contribution in [0.1, 0.15) is 5.56 Å². The van der Waals surface area contributed by atoms with Crippen LogP contribution < -0.4 is 0 Å². The topological polar surface area (TPSA) is 26.3 Å². The summed E-state index contributed by atoms with van der Waals surface area (Å²) in [6, 6.07) is 9.55. The van der Waals surface area contributed by atoms with Gasteiger partial charge in [-0.05, 0) is 10.1 Å². The van der Waals surface area contributed by atoms with Gasteiger partial charge in [0.2, 0.25) is 0 Å². The smallest absolute Gasteiger partial charge is 0.132 e. The third kappa shape index (κ3) is 3.51. The van der Waals surface area contributed by atoms with Gasteiger partial charge in [-0.15, -0.1) is 4.52 Å². The van der Waals surface area contributed by atoms with Crippen molar-refractivity contribution in [1.29, 1.82) is 0 Å². The number of thiol groups is 1. The Bertz CT molecular complexity index is 237. The quantitative estimate of drug-likeness (QED) is 0.581. The summed E-state index contributed by atoms with van der Waals surface area (Å²) >= 11 is 3.62. The van der Waals surface area contributed by atoms with Crippen LogP contribution in [0.5, 0.6) is 0 Å². The van der Waals surface area contributed by atoms with Gasteiger partial charge in [-0.2, -0.15) is 0 Å². The minimum atomic E-state index is -1.78. The van der Waals surface area contributed by atoms with Crippen LogP contribution in [0.2, 0.25) is 0 Å². The highest BCUT2D eigenvalue weighted by Gasteiger charge is 2.08. The number of benzene rings is 1. The molecule has 0 aromatic heterocycles. The lowest BCUT2D eigenvalue weighted by Gasteiger charge is -1.91. The molecule has 1 unspecified atom stereocenters. The zero-order chi connectivity index (χ0) is 8.10. The third-order valence-corrected chi connectivity index (χ3v) is 1.88. The van der Waals surface area contributed by atoms with Gasteiger partial charge < -0.3 is 0 Å². The first-order valence-corrected chi connectivity index (χ1v) is 5.45. The van der Waals surface area contributed by atoms with E-state index < -0.39 is 7.23 Å². The van der Waals surface area contributed by atoms with Crippen LogP contribution in [0.4, 0.5) is 0 Å². The van der Waals surface area contributed by atoms with Crippen molar-refractivity contribution in [3.05, 3.63) is 35.9 Å². The second-order valence-electron chi connectivity index (χ2n) is 2.00. The van der Waals surface area contributed by atoms with Crippen molar-refractivity contribution < 1.29 is 9.09 Å². The normalized spacial score (nSPS) is 11.2. The second kappa shape index (κ2) is 4.50. The Morgan fingerprint density at radius 1 is 1.36 bits per heavy atom. The number of hydrogen-bond donors (Lipinski definition) is 1. The van der Waals surface area contributed by atoms with Crippen LogP contribution in [-0.4, -0.2) is 0 Å². The van der Waals surface area contributed by atoms with Crippen LogP contribution >= 0.6 is 19.5 Å². The van der Waals surface area contributed by atoms with E-state index in [1.165, 1.54) is 0 Å². The minimum absolute atomic E-state index is 0.361. The summed E-state index contributed by atoms with van der Waals surface area (Å²) in [5.74, 6) is 0. The Hall–Kier alpha value is -0.370. The molecule has 0 spiro atoms. The standard InChI is InChI=1S/C7H7O2PS/c8-10(11)9-6-7-4-2-1-3-5-7/h1-5H,6H2/p+1. The van der Waals surface area contributed by atoms with E-state index in [4.69, 9.17) is 4.52 Å².